The summed E-state index contributed by atoms with van der Waals surface area (Å²) in [6, 6.07) is 0.637. The molecule has 17 heavy (non-hydrogen) atoms. The third-order valence-electron chi connectivity index (χ3n) is 3.53. The van der Waals surface area contributed by atoms with E-state index in [0.29, 0.717) is 6.04 Å². The highest BCUT2D eigenvalue weighted by atomic mass is 32.2. The highest BCUT2D eigenvalue weighted by Gasteiger charge is 2.20. The third kappa shape index (κ3) is 2.75. The first-order valence-electron chi connectivity index (χ1n) is 6.12. The molecule has 0 bridgehead atoms. The number of aromatic nitrogens is 1. The second-order valence-electron chi connectivity index (χ2n) is 4.82. The van der Waals surface area contributed by atoms with E-state index in [-0.39, 0.29) is 0 Å². The average molecular weight is 251 g/mol. The second kappa shape index (κ2) is 5.27. The van der Waals surface area contributed by atoms with Gasteiger partial charge < -0.3 is 5.73 Å². The second-order valence-corrected chi connectivity index (χ2v) is 5.97. The van der Waals surface area contributed by atoms with Crippen molar-refractivity contribution >= 4 is 17.4 Å². The summed E-state index contributed by atoms with van der Waals surface area (Å²) in [4.78, 5) is 7.04. The Morgan fingerprint density at radius 3 is 3.00 bits per heavy atom. The standard InChI is InChI=1S/C13H21N3S/c1-9-6-15-12(11(3)13(9)14)7-16-4-5-17-8-10(16)2/h6,10H,4-5,7-8H2,1-3H3,(H2,14,15). The zero-order chi connectivity index (χ0) is 12.4. The van der Waals surface area contributed by atoms with Gasteiger partial charge in [0.2, 0.25) is 0 Å². The summed E-state index contributed by atoms with van der Waals surface area (Å²) in [6.45, 7) is 8.46. The maximum Gasteiger partial charge on any atom is 0.0593 e. The van der Waals surface area contributed by atoms with Gasteiger partial charge in [0.05, 0.1) is 5.69 Å². The van der Waals surface area contributed by atoms with Crippen LogP contribution in [0.2, 0.25) is 0 Å². The molecule has 1 unspecified atom stereocenters. The Balaban J connectivity index is 2.15. The lowest BCUT2D eigenvalue weighted by atomic mass is 10.1. The van der Waals surface area contributed by atoms with Crippen LogP contribution in [0.1, 0.15) is 23.7 Å². The summed E-state index contributed by atoms with van der Waals surface area (Å²) in [5, 5.41) is 0. The molecule has 0 aromatic carbocycles. The molecule has 0 aliphatic carbocycles. The summed E-state index contributed by atoms with van der Waals surface area (Å²) >= 11 is 2.04. The molecule has 1 aliphatic rings. The molecule has 1 aromatic heterocycles. The first-order chi connectivity index (χ1) is 8.09. The molecule has 0 spiro atoms. The van der Waals surface area contributed by atoms with E-state index in [1.54, 1.807) is 0 Å². The minimum atomic E-state index is 0.637. The molecule has 0 radical (unpaired) electrons. The Morgan fingerprint density at radius 1 is 1.53 bits per heavy atom. The smallest absolute Gasteiger partial charge is 0.0593 e. The number of pyridine rings is 1. The predicted molar refractivity (Wildman–Crippen MR) is 75.3 cm³/mol. The van der Waals surface area contributed by atoms with Gasteiger partial charge >= 0.3 is 0 Å². The lowest BCUT2D eigenvalue weighted by molar-refractivity contribution is 0.221. The number of anilines is 1. The van der Waals surface area contributed by atoms with E-state index in [1.165, 1.54) is 11.5 Å². The van der Waals surface area contributed by atoms with E-state index in [4.69, 9.17) is 5.73 Å². The van der Waals surface area contributed by atoms with Crippen LogP contribution >= 0.6 is 11.8 Å². The van der Waals surface area contributed by atoms with Crippen molar-refractivity contribution in [1.29, 1.82) is 0 Å². The Labute approximate surface area is 108 Å². The summed E-state index contributed by atoms with van der Waals surface area (Å²) < 4.78 is 0. The molecule has 1 fully saturated rings. The lowest BCUT2D eigenvalue weighted by Crippen LogP contribution is -2.40. The number of rotatable bonds is 2. The summed E-state index contributed by atoms with van der Waals surface area (Å²) in [6.07, 6.45) is 1.89. The van der Waals surface area contributed by atoms with Crippen molar-refractivity contribution < 1.29 is 0 Å². The molecular weight excluding hydrogens is 230 g/mol. The van der Waals surface area contributed by atoms with Crippen LogP contribution in [-0.4, -0.2) is 34.0 Å². The van der Waals surface area contributed by atoms with Gasteiger partial charge in [-0.05, 0) is 31.9 Å². The van der Waals surface area contributed by atoms with Gasteiger partial charge in [0, 0.05) is 42.5 Å². The van der Waals surface area contributed by atoms with E-state index >= 15 is 0 Å². The number of hydrogen-bond donors (Lipinski definition) is 1. The summed E-state index contributed by atoms with van der Waals surface area (Å²) in [7, 11) is 0. The molecule has 1 aromatic rings. The maximum atomic E-state index is 6.06. The van der Waals surface area contributed by atoms with E-state index in [2.05, 4.69) is 23.7 Å². The zero-order valence-corrected chi connectivity index (χ0v) is 11.7. The third-order valence-corrected chi connectivity index (χ3v) is 4.72. The molecule has 1 saturated heterocycles. The van der Waals surface area contributed by atoms with Gasteiger partial charge in [-0.3, -0.25) is 9.88 Å². The molecule has 1 aliphatic heterocycles. The van der Waals surface area contributed by atoms with E-state index in [0.717, 1.165) is 35.6 Å². The van der Waals surface area contributed by atoms with Crippen LogP contribution in [0.25, 0.3) is 0 Å². The Morgan fingerprint density at radius 2 is 2.29 bits per heavy atom. The average Bonchev–Trinajstić information content (AvgIpc) is 2.32. The number of aryl methyl sites for hydroxylation is 1. The molecule has 1 atom stereocenters. The van der Waals surface area contributed by atoms with Gasteiger partial charge in [0.15, 0.2) is 0 Å². The van der Waals surface area contributed by atoms with Crippen LogP contribution in [0.5, 0.6) is 0 Å². The van der Waals surface area contributed by atoms with Crippen molar-refractivity contribution in [2.24, 2.45) is 0 Å². The van der Waals surface area contributed by atoms with Gasteiger partial charge in [-0.2, -0.15) is 11.8 Å². The molecule has 94 valence electrons. The number of hydrogen-bond acceptors (Lipinski definition) is 4. The number of nitrogens with two attached hydrogens (primary N) is 1. The molecule has 2 N–H and O–H groups in total. The van der Waals surface area contributed by atoms with Gasteiger partial charge in [-0.1, -0.05) is 0 Å². The number of thioether (sulfide) groups is 1. The van der Waals surface area contributed by atoms with Crippen LogP contribution < -0.4 is 5.73 Å². The molecule has 4 heteroatoms. The molecular formula is C13H21N3S. The van der Waals surface area contributed by atoms with Crippen LogP contribution in [0.3, 0.4) is 0 Å². The van der Waals surface area contributed by atoms with Gasteiger partial charge in [0.1, 0.15) is 0 Å². The highest BCUT2D eigenvalue weighted by Crippen LogP contribution is 2.22. The van der Waals surface area contributed by atoms with Gasteiger partial charge in [-0.15, -0.1) is 0 Å². The Kier molecular flexibility index (Phi) is 3.94. The fourth-order valence-electron chi connectivity index (χ4n) is 2.14. The molecule has 3 nitrogen and oxygen atoms in total. The van der Waals surface area contributed by atoms with E-state index < -0.39 is 0 Å². The quantitative estimate of drug-likeness (QED) is 0.875. The van der Waals surface area contributed by atoms with Crippen molar-refractivity contribution in [3.8, 4) is 0 Å². The maximum absolute atomic E-state index is 6.06. The monoisotopic (exact) mass is 251 g/mol. The Hall–Kier alpha value is -0.740. The SMILES string of the molecule is Cc1cnc(CN2CCSCC2C)c(C)c1N. The molecule has 0 amide bonds. The minimum Gasteiger partial charge on any atom is -0.398 e. The fraction of sp³-hybridized carbons (Fsp3) is 0.615. The van der Waals surface area contributed by atoms with Crippen LogP contribution in [-0.2, 0) is 6.54 Å². The summed E-state index contributed by atoms with van der Waals surface area (Å²) in [5.74, 6) is 2.45. The van der Waals surface area contributed by atoms with Gasteiger partial charge in [-0.25, -0.2) is 0 Å². The molecule has 2 heterocycles. The number of nitrogens with zero attached hydrogens (tertiary/aromatic N) is 2. The van der Waals surface area contributed by atoms with Crippen molar-refractivity contribution in [2.45, 2.75) is 33.4 Å². The van der Waals surface area contributed by atoms with Crippen molar-refractivity contribution in [1.82, 2.24) is 9.88 Å². The van der Waals surface area contributed by atoms with Crippen LogP contribution in [0.4, 0.5) is 5.69 Å². The normalized spacial score (nSPS) is 21.7. The zero-order valence-electron chi connectivity index (χ0n) is 10.9. The fourth-order valence-corrected chi connectivity index (χ4v) is 3.22. The van der Waals surface area contributed by atoms with E-state index in [9.17, 15) is 0 Å². The van der Waals surface area contributed by atoms with E-state index in [1.807, 2.05) is 24.9 Å². The predicted octanol–water partition coefficient (Wildman–Crippen LogP) is 2.22. The molecule has 0 saturated carbocycles. The highest BCUT2D eigenvalue weighted by molar-refractivity contribution is 7.99. The van der Waals surface area contributed by atoms with Crippen LogP contribution in [0.15, 0.2) is 6.20 Å². The first-order valence-corrected chi connectivity index (χ1v) is 7.27. The number of nitrogen functional groups attached to an aromatic ring is 1. The lowest BCUT2D eigenvalue weighted by Gasteiger charge is -2.33. The Bertz CT molecular complexity index is 406. The van der Waals surface area contributed by atoms with Crippen molar-refractivity contribution in [3.05, 3.63) is 23.0 Å². The van der Waals surface area contributed by atoms with Gasteiger partial charge in [0.25, 0.3) is 0 Å². The van der Waals surface area contributed by atoms with Crippen LogP contribution in [0, 0.1) is 13.8 Å². The van der Waals surface area contributed by atoms with Crippen molar-refractivity contribution in [2.75, 3.05) is 23.8 Å². The van der Waals surface area contributed by atoms with Crippen molar-refractivity contribution in [3.63, 3.8) is 0 Å². The summed E-state index contributed by atoms with van der Waals surface area (Å²) in [5.41, 5.74) is 10.3. The minimum absolute atomic E-state index is 0.637. The topological polar surface area (TPSA) is 42.2 Å². The molecule has 2 rings (SSSR count). The largest absolute Gasteiger partial charge is 0.398 e. The first kappa shape index (κ1) is 12.7.